The SMILES string of the molecule is COc1cc2c(cc1Nc1ncc(Cl)c(N[C@@H]3[C@H](C(N)=O)[C@H]4C=C[C@@H]3C4)n1)CCN(CC(F)F)CC2. The number of fused-ring (bicyclic) bond motifs is 3. The third kappa shape index (κ3) is 4.97. The van der Waals surface area contributed by atoms with Gasteiger partial charge in [0.2, 0.25) is 11.9 Å². The van der Waals surface area contributed by atoms with Gasteiger partial charge in [0.15, 0.2) is 5.82 Å². The van der Waals surface area contributed by atoms with Crippen molar-refractivity contribution in [3.63, 3.8) is 0 Å². The van der Waals surface area contributed by atoms with E-state index in [0.717, 1.165) is 17.5 Å². The molecule has 2 aliphatic carbocycles. The summed E-state index contributed by atoms with van der Waals surface area (Å²) in [5.41, 5.74) is 8.50. The van der Waals surface area contributed by atoms with Gasteiger partial charge in [0.25, 0.3) is 6.43 Å². The molecule has 1 saturated carbocycles. The van der Waals surface area contributed by atoms with E-state index in [1.54, 1.807) is 12.0 Å². The summed E-state index contributed by atoms with van der Waals surface area (Å²) in [5.74, 6) is 0.987. The van der Waals surface area contributed by atoms with E-state index in [9.17, 15) is 13.6 Å². The Balaban J connectivity index is 1.36. The Bertz CT molecular complexity index is 1180. The predicted octanol–water partition coefficient (Wildman–Crippen LogP) is 3.64. The normalized spacial score (nSPS) is 25.0. The van der Waals surface area contributed by atoms with Gasteiger partial charge >= 0.3 is 0 Å². The molecular weight excluding hydrogens is 490 g/mol. The second-order valence-electron chi connectivity index (χ2n) is 9.57. The van der Waals surface area contributed by atoms with Crippen molar-refractivity contribution < 1.29 is 18.3 Å². The van der Waals surface area contributed by atoms with Crippen LogP contribution in [0.5, 0.6) is 5.75 Å². The van der Waals surface area contributed by atoms with Crippen molar-refractivity contribution in [2.45, 2.75) is 31.7 Å². The number of carbonyl (C=O) groups is 1. The minimum atomic E-state index is -2.35. The minimum Gasteiger partial charge on any atom is -0.495 e. The number of ether oxygens (including phenoxy) is 1. The number of anilines is 3. The smallest absolute Gasteiger partial charge is 0.251 e. The van der Waals surface area contributed by atoms with Crippen LogP contribution in [-0.2, 0) is 17.6 Å². The lowest BCUT2D eigenvalue weighted by Crippen LogP contribution is -2.41. The largest absolute Gasteiger partial charge is 0.495 e. The number of rotatable bonds is 8. The fraction of sp³-hybridized carbons (Fsp3) is 0.480. The van der Waals surface area contributed by atoms with E-state index in [-0.39, 0.29) is 36.2 Å². The second-order valence-corrected chi connectivity index (χ2v) is 9.98. The maximum atomic E-state index is 12.9. The number of halogens is 3. The first-order valence-electron chi connectivity index (χ1n) is 12.1. The van der Waals surface area contributed by atoms with E-state index in [0.29, 0.717) is 54.2 Å². The topological polar surface area (TPSA) is 105 Å². The van der Waals surface area contributed by atoms with Crippen molar-refractivity contribution in [3.05, 3.63) is 46.6 Å². The molecule has 36 heavy (non-hydrogen) atoms. The van der Waals surface area contributed by atoms with Gasteiger partial charge in [-0.05, 0) is 54.4 Å². The van der Waals surface area contributed by atoms with Crippen LogP contribution < -0.4 is 21.1 Å². The summed E-state index contributed by atoms with van der Waals surface area (Å²) in [4.78, 5) is 22.8. The lowest BCUT2D eigenvalue weighted by atomic mass is 9.88. The van der Waals surface area contributed by atoms with Gasteiger partial charge in [0.05, 0.1) is 31.5 Å². The molecule has 8 nitrogen and oxygen atoms in total. The molecule has 0 radical (unpaired) electrons. The van der Waals surface area contributed by atoms with Crippen molar-refractivity contribution in [2.24, 2.45) is 23.5 Å². The Morgan fingerprint density at radius 2 is 1.97 bits per heavy atom. The van der Waals surface area contributed by atoms with Crippen molar-refractivity contribution >= 4 is 35.0 Å². The second kappa shape index (κ2) is 10.2. The Morgan fingerprint density at radius 3 is 2.67 bits per heavy atom. The summed E-state index contributed by atoms with van der Waals surface area (Å²) in [6, 6.07) is 3.73. The molecule has 1 aromatic carbocycles. The number of benzene rings is 1. The lowest BCUT2D eigenvalue weighted by Gasteiger charge is -2.27. The summed E-state index contributed by atoms with van der Waals surface area (Å²) in [5, 5.41) is 6.88. The third-order valence-corrected chi connectivity index (χ3v) is 7.67. The Kier molecular flexibility index (Phi) is 6.98. The number of hydrogen-bond donors (Lipinski definition) is 3. The van der Waals surface area contributed by atoms with E-state index in [1.165, 1.54) is 6.20 Å². The van der Waals surface area contributed by atoms with Crippen LogP contribution >= 0.6 is 11.6 Å². The van der Waals surface area contributed by atoms with Gasteiger partial charge in [-0.2, -0.15) is 4.98 Å². The van der Waals surface area contributed by atoms with Crippen LogP contribution in [0.15, 0.2) is 30.5 Å². The number of nitrogens with zero attached hydrogens (tertiary/aromatic N) is 3. The van der Waals surface area contributed by atoms with Gasteiger partial charge in [-0.3, -0.25) is 9.69 Å². The average Bonchev–Trinajstić information content (AvgIpc) is 3.39. The van der Waals surface area contributed by atoms with E-state index in [2.05, 4.69) is 32.8 Å². The van der Waals surface area contributed by atoms with E-state index < -0.39 is 6.43 Å². The first-order valence-corrected chi connectivity index (χ1v) is 12.4. The highest BCUT2D eigenvalue weighted by molar-refractivity contribution is 6.32. The van der Waals surface area contributed by atoms with Crippen LogP contribution in [0.1, 0.15) is 17.5 Å². The number of nitrogens with two attached hydrogens (primary N) is 1. The van der Waals surface area contributed by atoms with Crippen molar-refractivity contribution in [1.29, 1.82) is 0 Å². The first-order chi connectivity index (χ1) is 17.3. The molecule has 0 spiro atoms. The molecule has 4 N–H and O–H groups in total. The molecule has 1 aliphatic heterocycles. The summed E-state index contributed by atoms with van der Waals surface area (Å²) < 4.78 is 31.3. The molecule has 5 rings (SSSR count). The number of amides is 1. The zero-order valence-corrected chi connectivity index (χ0v) is 20.6. The number of carbonyl (C=O) groups excluding carboxylic acids is 1. The average molecular weight is 519 g/mol. The van der Waals surface area contributed by atoms with Crippen LogP contribution in [0.25, 0.3) is 0 Å². The molecule has 192 valence electrons. The maximum Gasteiger partial charge on any atom is 0.251 e. The highest BCUT2D eigenvalue weighted by Gasteiger charge is 2.47. The lowest BCUT2D eigenvalue weighted by molar-refractivity contribution is -0.122. The molecule has 2 aromatic rings. The fourth-order valence-corrected chi connectivity index (χ4v) is 5.80. The van der Waals surface area contributed by atoms with Gasteiger partial charge in [-0.15, -0.1) is 0 Å². The van der Waals surface area contributed by atoms with Gasteiger partial charge in [-0.1, -0.05) is 23.8 Å². The summed E-state index contributed by atoms with van der Waals surface area (Å²) >= 11 is 6.40. The molecule has 0 unspecified atom stereocenters. The van der Waals surface area contributed by atoms with E-state index in [1.807, 2.05) is 12.1 Å². The van der Waals surface area contributed by atoms with Crippen molar-refractivity contribution in [2.75, 3.05) is 37.4 Å². The molecule has 11 heteroatoms. The zero-order chi connectivity index (χ0) is 25.4. The quantitative estimate of drug-likeness (QED) is 0.458. The van der Waals surface area contributed by atoms with Crippen LogP contribution in [0.2, 0.25) is 5.02 Å². The summed E-state index contributed by atoms with van der Waals surface area (Å²) in [6.07, 6.45) is 5.52. The minimum absolute atomic E-state index is 0.128. The van der Waals surface area contributed by atoms with Gasteiger partial charge in [0, 0.05) is 19.1 Å². The van der Waals surface area contributed by atoms with Crippen LogP contribution in [0.3, 0.4) is 0 Å². The van der Waals surface area contributed by atoms with Crippen LogP contribution in [-0.4, -0.2) is 60.0 Å². The molecule has 1 fully saturated rings. The van der Waals surface area contributed by atoms with Crippen LogP contribution in [0.4, 0.5) is 26.2 Å². The number of primary amides is 1. The number of hydrogen-bond acceptors (Lipinski definition) is 7. The number of aromatic nitrogens is 2. The number of nitrogens with one attached hydrogen (secondary N) is 2. The molecule has 4 atom stereocenters. The number of alkyl halides is 2. The first kappa shape index (κ1) is 24.7. The predicted molar refractivity (Wildman–Crippen MR) is 134 cm³/mol. The molecule has 2 heterocycles. The maximum absolute atomic E-state index is 12.9. The monoisotopic (exact) mass is 518 g/mol. The van der Waals surface area contributed by atoms with Gasteiger partial charge in [0.1, 0.15) is 10.8 Å². The molecule has 1 aromatic heterocycles. The standard InChI is InChI=1S/C25H29ClF2N6O2/c1-36-19-10-14-5-7-34(12-20(27)28)6-4-13(14)9-18(19)31-25-30-11-17(26)24(33-25)32-22-16-3-2-15(8-16)21(22)23(29)35/h2-3,9-11,15-16,20-22H,4-8,12H2,1H3,(H2,29,35)(H2,30,31,32,33)/t15-,16+,21+,22-/m0/s1. The molecule has 2 bridgehead atoms. The third-order valence-electron chi connectivity index (χ3n) is 7.39. The summed E-state index contributed by atoms with van der Waals surface area (Å²) in [7, 11) is 1.58. The Hall–Kier alpha value is -2.98. The Morgan fingerprint density at radius 1 is 1.25 bits per heavy atom. The molecule has 0 saturated heterocycles. The van der Waals surface area contributed by atoms with Crippen molar-refractivity contribution in [3.8, 4) is 5.75 Å². The van der Waals surface area contributed by atoms with Gasteiger partial charge < -0.3 is 21.1 Å². The summed E-state index contributed by atoms with van der Waals surface area (Å²) in [6.45, 7) is 0.917. The molecule has 1 amide bonds. The number of allylic oxidation sites excluding steroid dienone is 1. The molecule has 3 aliphatic rings. The van der Waals surface area contributed by atoms with E-state index >= 15 is 0 Å². The highest BCUT2D eigenvalue weighted by Crippen LogP contribution is 2.45. The van der Waals surface area contributed by atoms with Crippen molar-refractivity contribution in [1.82, 2.24) is 14.9 Å². The fourth-order valence-electron chi connectivity index (χ4n) is 5.66. The Labute approximate surface area is 213 Å². The number of methoxy groups -OCH3 is 1. The van der Waals surface area contributed by atoms with E-state index in [4.69, 9.17) is 22.1 Å². The molecular formula is C25H29ClF2N6O2. The van der Waals surface area contributed by atoms with Gasteiger partial charge in [-0.25, -0.2) is 13.8 Å². The zero-order valence-electron chi connectivity index (χ0n) is 19.9. The highest BCUT2D eigenvalue weighted by atomic mass is 35.5. The van der Waals surface area contributed by atoms with Crippen LogP contribution in [0, 0.1) is 17.8 Å².